The molecule has 2 aromatic carbocycles. The number of hydrogen-bond donors (Lipinski definition) is 1. The van der Waals surface area contributed by atoms with Crippen molar-refractivity contribution in [3.8, 4) is 0 Å². The van der Waals surface area contributed by atoms with Crippen molar-refractivity contribution < 1.29 is 0 Å². The quantitative estimate of drug-likeness (QED) is 0.813. The SMILES string of the molecule is Nc1ccc(N(c2ccccc2)C2CCCCC2)cc1. The minimum absolute atomic E-state index is 0.606. The Morgan fingerprint density at radius 3 is 2.00 bits per heavy atom. The first-order chi connectivity index (χ1) is 9.84. The monoisotopic (exact) mass is 266 g/mol. The van der Waals surface area contributed by atoms with Gasteiger partial charge in [-0.05, 0) is 49.2 Å². The number of nitrogens with zero attached hydrogens (tertiary/aromatic N) is 1. The average Bonchev–Trinajstić information content (AvgIpc) is 2.52. The number of nitrogen functional groups attached to an aromatic ring is 1. The van der Waals surface area contributed by atoms with E-state index in [4.69, 9.17) is 5.73 Å². The third kappa shape index (κ3) is 2.79. The summed E-state index contributed by atoms with van der Waals surface area (Å²) in [5, 5.41) is 0. The van der Waals surface area contributed by atoms with E-state index in [0.717, 1.165) is 5.69 Å². The van der Waals surface area contributed by atoms with E-state index in [2.05, 4.69) is 47.4 Å². The molecule has 20 heavy (non-hydrogen) atoms. The van der Waals surface area contributed by atoms with Gasteiger partial charge in [-0.2, -0.15) is 0 Å². The minimum Gasteiger partial charge on any atom is -0.399 e. The summed E-state index contributed by atoms with van der Waals surface area (Å²) in [6.45, 7) is 0. The van der Waals surface area contributed by atoms with Crippen molar-refractivity contribution in [3.63, 3.8) is 0 Å². The summed E-state index contributed by atoms with van der Waals surface area (Å²) in [7, 11) is 0. The third-order valence-electron chi connectivity index (χ3n) is 4.15. The van der Waals surface area contributed by atoms with Gasteiger partial charge in [0, 0.05) is 23.1 Å². The lowest BCUT2D eigenvalue weighted by molar-refractivity contribution is 0.436. The van der Waals surface area contributed by atoms with Crippen molar-refractivity contribution in [2.24, 2.45) is 0 Å². The molecule has 2 nitrogen and oxygen atoms in total. The predicted molar refractivity (Wildman–Crippen MR) is 86.3 cm³/mol. The van der Waals surface area contributed by atoms with Gasteiger partial charge in [0.2, 0.25) is 0 Å². The van der Waals surface area contributed by atoms with Gasteiger partial charge in [-0.1, -0.05) is 37.5 Å². The molecule has 104 valence electrons. The number of hydrogen-bond acceptors (Lipinski definition) is 2. The molecular formula is C18H22N2. The van der Waals surface area contributed by atoms with Crippen molar-refractivity contribution in [1.82, 2.24) is 0 Å². The van der Waals surface area contributed by atoms with Crippen LogP contribution >= 0.6 is 0 Å². The fourth-order valence-corrected chi connectivity index (χ4v) is 3.13. The maximum absolute atomic E-state index is 5.83. The van der Waals surface area contributed by atoms with Crippen LogP contribution in [0.1, 0.15) is 32.1 Å². The van der Waals surface area contributed by atoms with Crippen LogP contribution in [0.4, 0.5) is 17.1 Å². The van der Waals surface area contributed by atoms with E-state index < -0.39 is 0 Å². The molecule has 0 unspecified atom stereocenters. The van der Waals surface area contributed by atoms with Crippen LogP contribution in [0.2, 0.25) is 0 Å². The van der Waals surface area contributed by atoms with E-state index in [1.165, 1.54) is 43.5 Å². The Kier molecular flexibility index (Phi) is 3.91. The van der Waals surface area contributed by atoms with Crippen LogP contribution in [0.3, 0.4) is 0 Å². The Balaban J connectivity index is 1.96. The first-order valence-electron chi connectivity index (χ1n) is 7.54. The van der Waals surface area contributed by atoms with E-state index in [0.29, 0.717) is 6.04 Å². The van der Waals surface area contributed by atoms with Crippen molar-refractivity contribution in [1.29, 1.82) is 0 Å². The van der Waals surface area contributed by atoms with E-state index in [1.54, 1.807) is 0 Å². The van der Waals surface area contributed by atoms with Gasteiger partial charge in [0.1, 0.15) is 0 Å². The Morgan fingerprint density at radius 1 is 0.750 bits per heavy atom. The Labute approximate surface area is 121 Å². The molecule has 0 aromatic heterocycles. The van der Waals surface area contributed by atoms with Crippen molar-refractivity contribution >= 4 is 17.1 Å². The summed E-state index contributed by atoms with van der Waals surface area (Å²) in [6.07, 6.45) is 6.60. The standard InChI is InChI=1S/C18H22N2/c19-15-11-13-18(14-12-15)20(16-7-3-1-4-8-16)17-9-5-2-6-10-17/h1,3-4,7-8,11-14,17H,2,5-6,9-10,19H2. The zero-order valence-corrected chi connectivity index (χ0v) is 11.8. The molecule has 0 saturated heterocycles. The van der Waals surface area contributed by atoms with Gasteiger partial charge in [-0.3, -0.25) is 0 Å². The topological polar surface area (TPSA) is 29.3 Å². The lowest BCUT2D eigenvalue weighted by Crippen LogP contribution is -2.32. The molecule has 2 heteroatoms. The van der Waals surface area contributed by atoms with Crippen LogP contribution in [-0.2, 0) is 0 Å². The van der Waals surface area contributed by atoms with Crippen molar-refractivity contribution in [2.45, 2.75) is 38.1 Å². The molecule has 0 heterocycles. The number of rotatable bonds is 3. The minimum atomic E-state index is 0.606. The van der Waals surface area contributed by atoms with Crippen LogP contribution in [-0.4, -0.2) is 6.04 Å². The van der Waals surface area contributed by atoms with Crippen LogP contribution in [0.5, 0.6) is 0 Å². The van der Waals surface area contributed by atoms with Crippen LogP contribution in [0.25, 0.3) is 0 Å². The second-order valence-electron chi connectivity index (χ2n) is 5.59. The highest BCUT2D eigenvalue weighted by Crippen LogP contribution is 2.34. The van der Waals surface area contributed by atoms with Gasteiger partial charge in [0.05, 0.1) is 0 Å². The molecule has 0 radical (unpaired) electrons. The molecule has 2 N–H and O–H groups in total. The van der Waals surface area contributed by atoms with Crippen molar-refractivity contribution in [3.05, 3.63) is 54.6 Å². The molecule has 1 fully saturated rings. The molecule has 0 spiro atoms. The molecule has 3 rings (SSSR count). The molecular weight excluding hydrogens is 244 g/mol. The van der Waals surface area contributed by atoms with Crippen molar-refractivity contribution in [2.75, 3.05) is 10.6 Å². The number of benzene rings is 2. The normalized spacial score (nSPS) is 16.0. The highest BCUT2D eigenvalue weighted by atomic mass is 15.2. The fourth-order valence-electron chi connectivity index (χ4n) is 3.13. The highest BCUT2D eigenvalue weighted by molar-refractivity contribution is 5.65. The van der Waals surface area contributed by atoms with Gasteiger partial charge in [0.25, 0.3) is 0 Å². The fraction of sp³-hybridized carbons (Fsp3) is 0.333. The summed E-state index contributed by atoms with van der Waals surface area (Å²) in [4.78, 5) is 2.48. The maximum Gasteiger partial charge on any atom is 0.0414 e. The number of para-hydroxylation sites is 1. The highest BCUT2D eigenvalue weighted by Gasteiger charge is 2.22. The van der Waals surface area contributed by atoms with E-state index in [9.17, 15) is 0 Å². The molecule has 1 aliphatic carbocycles. The number of anilines is 3. The number of nitrogens with two attached hydrogens (primary N) is 1. The molecule has 1 saturated carbocycles. The smallest absolute Gasteiger partial charge is 0.0414 e. The van der Waals surface area contributed by atoms with Gasteiger partial charge < -0.3 is 10.6 Å². The third-order valence-corrected chi connectivity index (χ3v) is 4.15. The molecule has 2 aromatic rings. The molecule has 0 atom stereocenters. The predicted octanol–water partition coefficient (Wildman–Crippen LogP) is 4.74. The Hall–Kier alpha value is -1.96. The summed E-state index contributed by atoms with van der Waals surface area (Å²) in [5.41, 5.74) is 9.18. The summed E-state index contributed by atoms with van der Waals surface area (Å²) in [6, 6.07) is 19.6. The average molecular weight is 266 g/mol. The van der Waals surface area contributed by atoms with Gasteiger partial charge >= 0.3 is 0 Å². The molecule has 0 amide bonds. The zero-order chi connectivity index (χ0) is 13.8. The zero-order valence-electron chi connectivity index (χ0n) is 11.8. The summed E-state index contributed by atoms with van der Waals surface area (Å²) >= 11 is 0. The lowest BCUT2D eigenvalue weighted by atomic mass is 9.93. The van der Waals surface area contributed by atoms with Crippen LogP contribution in [0.15, 0.2) is 54.6 Å². The molecule has 0 aliphatic heterocycles. The first kappa shape index (κ1) is 13.0. The van der Waals surface area contributed by atoms with E-state index >= 15 is 0 Å². The van der Waals surface area contributed by atoms with E-state index in [-0.39, 0.29) is 0 Å². The Bertz CT molecular complexity index is 527. The molecule has 0 bridgehead atoms. The van der Waals surface area contributed by atoms with Crippen LogP contribution < -0.4 is 10.6 Å². The maximum atomic E-state index is 5.83. The second-order valence-corrected chi connectivity index (χ2v) is 5.59. The summed E-state index contributed by atoms with van der Waals surface area (Å²) in [5.74, 6) is 0. The second kappa shape index (κ2) is 6.00. The van der Waals surface area contributed by atoms with E-state index in [1.807, 2.05) is 12.1 Å². The lowest BCUT2D eigenvalue weighted by Gasteiger charge is -2.36. The molecule has 1 aliphatic rings. The van der Waals surface area contributed by atoms with Gasteiger partial charge in [-0.25, -0.2) is 0 Å². The van der Waals surface area contributed by atoms with Gasteiger partial charge in [-0.15, -0.1) is 0 Å². The first-order valence-corrected chi connectivity index (χ1v) is 7.54. The van der Waals surface area contributed by atoms with Gasteiger partial charge in [0.15, 0.2) is 0 Å². The summed E-state index contributed by atoms with van der Waals surface area (Å²) < 4.78 is 0. The largest absolute Gasteiger partial charge is 0.399 e. The van der Waals surface area contributed by atoms with Crippen LogP contribution in [0, 0.1) is 0 Å². The Morgan fingerprint density at radius 2 is 1.35 bits per heavy atom.